The SMILES string of the molecule is CCCCC1OC(=O)/C1=C(\Cl)CCC. The number of esters is 1. The van der Waals surface area contributed by atoms with E-state index >= 15 is 0 Å². The van der Waals surface area contributed by atoms with Gasteiger partial charge in [0, 0.05) is 5.03 Å². The Labute approximate surface area is 90.3 Å². The number of unbranched alkanes of at least 4 members (excludes halogenated alkanes) is 1. The van der Waals surface area contributed by atoms with E-state index in [2.05, 4.69) is 6.92 Å². The van der Waals surface area contributed by atoms with Crippen LogP contribution in [0.3, 0.4) is 0 Å². The zero-order valence-corrected chi connectivity index (χ0v) is 9.56. The van der Waals surface area contributed by atoms with Crippen LogP contribution in [0.15, 0.2) is 10.6 Å². The lowest BCUT2D eigenvalue weighted by molar-refractivity contribution is -0.156. The maximum absolute atomic E-state index is 11.2. The van der Waals surface area contributed by atoms with Crippen molar-refractivity contribution >= 4 is 17.6 Å². The summed E-state index contributed by atoms with van der Waals surface area (Å²) in [5, 5.41) is 0.699. The summed E-state index contributed by atoms with van der Waals surface area (Å²) in [7, 11) is 0. The molecule has 0 aromatic heterocycles. The Kier molecular flexibility index (Phi) is 4.46. The zero-order chi connectivity index (χ0) is 10.6. The molecule has 0 N–H and O–H groups in total. The normalized spacial score (nSPS) is 24.2. The summed E-state index contributed by atoms with van der Waals surface area (Å²) in [4.78, 5) is 11.2. The number of carbonyl (C=O) groups is 1. The van der Waals surface area contributed by atoms with E-state index in [9.17, 15) is 4.79 Å². The largest absolute Gasteiger partial charge is 0.454 e. The highest BCUT2D eigenvalue weighted by atomic mass is 35.5. The molecule has 1 saturated heterocycles. The van der Waals surface area contributed by atoms with Crippen LogP contribution in [-0.4, -0.2) is 12.1 Å². The van der Waals surface area contributed by atoms with Crippen molar-refractivity contribution in [1.29, 1.82) is 0 Å². The van der Waals surface area contributed by atoms with Gasteiger partial charge in [-0.05, 0) is 19.3 Å². The fourth-order valence-electron chi connectivity index (χ4n) is 1.56. The minimum atomic E-state index is -0.218. The van der Waals surface area contributed by atoms with E-state index in [-0.39, 0.29) is 12.1 Å². The second kappa shape index (κ2) is 5.40. The Morgan fingerprint density at radius 1 is 1.43 bits per heavy atom. The fourth-order valence-corrected chi connectivity index (χ4v) is 1.95. The Balaban J connectivity index is 2.56. The van der Waals surface area contributed by atoms with Crippen LogP contribution in [0.4, 0.5) is 0 Å². The molecular weight excluding hydrogens is 200 g/mol. The average molecular weight is 217 g/mol. The lowest BCUT2D eigenvalue weighted by atomic mass is 9.97. The minimum Gasteiger partial charge on any atom is -0.454 e. The molecule has 80 valence electrons. The van der Waals surface area contributed by atoms with Gasteiger partial charge in [-0.25, -0.2) is 4.79 Å². The molecule has 0 bridgehead atoms. The number of rotatable bonds is 5. The highest BCUT2D eigenvalue weighted by Crippen LogP contribution is 2.32. The molecular formula is C11H17ClO2. The highest BCUT2D eigenvalue weighted by molar-refractivity contribution is 6.32. The van der Waals surface area contributed by atoms with Gasteiger partial charge in [0.1, 0.15) is 6.10 Å². The molecule has 14 heavy (non-hydrogen) atoms. The second-order valence-corrected chi connectivity index (χ2v) is 4.06. The Hall–Kier alpha value is -0.500. The zero-order valence-electron chi connectivity index (χ0n) is 8.81. The van der Waals surface area contributed by atoms with E-state index in [1.54, 1.807) is 0 Å². The molecule has 1 atom stereocenters. The molecule has 0 aromatic carbocycles. The number of halogens is 1. The van der Waals surface area contributed by atoms with Gasteiger partial charge in [-0.3, -0.25) is 0 Å². The molecule has 2 nitrogen and oxygen atoms in total. The van der Waals surface area contributed by atoms with E-state index in [1.807, 2.05) is 6.92 Å². The predicted molar refractivity (Wildman–Crippen MR) is 57.2 cm³/mol. The summed E-state index contributed by atoms with van der Waals surface area (Å²) in [6.07, 6.45) is 4.84. The van der Waals surface area contributed by atoms with Crippen LogP contribution < -0.4 is 0 Å². The van der Waals surface area contributed by atoms with Gasteiger partial charge in [-0.2, -0.15) is 0 Å². The van der Waals surface area contributed by atoms with Gasteiger partial charge in [0.15, 0.2) is 0 Å². The lowest BCUT2D eigenvalue weighted by Gasteiger charge is -2.30. The number of hydrogen-bond acceptors (Lipinski definition) is 2. The van der Waals surface area contributed by atoms with E-state index in [0.717, 1.165) is 37.7 Å². The molecule has 0 aliphatic carbocycles. The van der Waals surface area contributed by atoms with Crippen LogP contribution in [0.25, 0.3) is 0 Å². The van der Waals surface area contributed by atoms with E-state index in [1.165, 1.54) is 0 Å². The van der Waals surface area contributed by atoms with Gasteiger partial charge in [-0.15, -0.1) is 0 Å². The van der Waals surface area contributed by atoms with Gasteiger partial charge in [0.05, 0.1) is 5.57 Å². The van der Waals surface area contributed by atoms with Crippen LogP contribution in [-0.2, 0) is 9.53 Å². The first-order valence-corrected chi connectivity index (χ1v) is 5.68. The minimum absolute atomic E-state index is 0.0264. The third-order valence-electron chi connectivity index (χ3n) is 2.37. The van der Waals surface area contributed by atoms with Crippen molar-refractivity contribution in [2.75, 3.05) is 0 Å². The lowest BCUT2D eigenvalue weighted by Crippen LogP contribution is -2.37. The Morgan fingerprint density at radius 2 is 2.14 bits per heavy atom. The number of hydrogen-bond donors (Lipinski definition) is 0. The van der Waals surface area contributed by atoms with Crippen LogP contribution in [0, 0.1) is 0 Å². The number of carbonyl (C=O) groups excluding carboxylic acids is 1. The van der Waals surface area contributed by atoms with E-state index in [0.29, 0.717) is 5.03 Å². The predicted octanol–water partition coefficient (Wildman–Crippen LogP) is 3.40. The molecule has 1 heterocycles. The number of ether oxygens (including phenoxy) is 1. The van der Waals surface area contributed by atoms with Gasteiger partial charge in [-0.1, -0.05) is 38.3 Å². The summed E-state index contributed by atoms with van der Waals surface area (Å²) < 4.78 is 5.04. The van der Waals surface area contributed by atoms with Gasteiger partial charge >= 0.3 is 5.97 Å². The van der Waals surface area contributed by atoms with E-state index in [4.69, 9.17) is 16.3 Å². The molecule has 0 spiro atoms. The first-order valence-electron chi connectivity index (χ1n) is 5.30. The average Bonchev–Trinajstić information content (AvgIpc) is 2.12. The summed E-state index contributed by atoms with van der Waals surface area (Å²) in [5.41, 5.74) is 0.724. The first kappa shape index (κ1) is 11.6. The highest BCUT2D eigenvalue weighted by Gasteiger charge is 2.37. The smallest absolute Gasteiger partial charge is 0.339 e. The quantitative estimate of drug-likeness (QED) is 0.520. The van der Waals surface area contributed by atoms with Crippen molar-refractivity contribution in [3.05, 3.63) is 10.6 Å². The standard InChI is InChI=1S/C11H17ClO2/c1-3-5-7-9-10(11(13)14-9)8(12)6-4-2/h9H,3-7H2,1-2H3/b10-8-. The third-order valence-corrected chi connectivity index (χ3v) is 2.77. The van der Waals surface area contributed by atoms with Gasteiger partial charge in [0.25, 0.3) is 0 Å². The summed E-state index contributed by atoms with van der Waals surface area (Å²) >= 11 is 6.03. The number of cyclic esters (lactones) is 1. The Bertz CT molecular complexity index is 246. The van der Waals surface area contributed by atoms with Crippen molar-refractivity contribution in [3.8, 4) is 0 Å². The molecule has 1 aliphatic heterocycles. The van der Waals surface area contributed by atoms with Crippen LogP contribution in [0.1, 0.15) is 46.0 Å². The topological polar surface area (TPSA) is 26.3 Å². The Morgan fingerprint density at radius 3 is 2.64 bits per heavy atom. The maximum atomic E-state index is 11.2. The monoisotopic (exact) mass is 216 g/mol. The molecule has 3 heteroatoms. The van der Waals surface area contributed by atoms with Crippen molar-refractivity contribution in [2.45, 2.75) is 52.1 Å². The third kappa shape index (κ3) is 2.50. The van der Waals surface area contributed by atoms with Crippen molar-refractivity contribution in [2.24, 2.45) is 0 Å². The molecule has 1 rings (SSSR count). The molecule has 1 aliphatic rings. The molecule has 0 saturated carbocycles. The maximum Gasteiger partial charge on any atom is 0.339 e. The summed E-state index contributed by atoms with van der Waals surface area (Å²) in [6.45, 7) is 4.17. The van der Waals surface area contributed by atoms with Gasteiger partial charge in [0.2, 0.25) is 0 Å². The van der Waals surface area contributed by atoms with Crippen LogP contribution in [0.5, 0.6) is 0 Å². The molecule has 0 radical (unpaired) electrons. The van der Waals surface area contributed by atoms with Crippen molar-refractivity contribution in [1.82, 2.24) is 0 Å². The van der Waals surface area contributed by atoms with Crippen LogP contribution in [0.2, 0.25) is 0 Å². The summed E-state index contributed by atoms with van der Waals surface area (Å²) in [5.74, 6) is -0.218. The van der Waals surface area contributed by atoms with Crippen molar-refractivity contribution < 1.29 is 9.53 Å². The van der Waals surface area contributed by atoms with Gasteiger partial charge < -0.3 is 4.74 Å². The molecule has 0 amide bonds. The molecule has 0 aromatic rings. The molecule has 1 fully saturated rings. The fraction of sp³-hybridized carbons (Fsp3) is 0.727. The molecule has 1 unspecified atom stereocenters. The first-order chi connectivity index (χ1) is 6.70. The van der Waals surface area contributed by atoms with E-state index < -0.39 is 0 Å². The number of allylic oxidation sites excluding steroid dienone is 1. The van der Waals surface area contributed by atoms with Crippen LogP contribution >= 0.6 is 11.6 Å². The van der Waals surface area contributed by atoms with Crippen molar-refractivity contribution in [3.63, 3.8) is 0 Å². The summed E-state index contributed by atoms with van der Waals surface area (Å²) in [6, 6.07) is 0. The second-order valence-electron chi connectivity index (χ2n) is 3.60.